The van der Waals surface area contributed by atoms with Crippen molar-refractivity contribution in [3.8, 4) is 0 Å². The number of benzene rings is 1. The smallest absolute Gasteiger partial charge is 0.410 e. The van der Waals surface area contributed by atoms with Gasteiger partial charge in [-0.05, 0) is 24.3 Å². The number of aliphatic hydroxyl groups excluding tert-OH is 1. The summed E-state index contributed by atoms with van der Waals surface area (Å²) in [4.78, 5) is 16.9. The zero-order valence-corrected chi connectivity index (χ0v) is 16.2. The molecule has 1 aromatic rings. The van der Waals surface area contributed by atoms with Crippen LogP contribution in [0.15, 0.2) is 30.3 Å². The Morgan fingerprint density at radius 2 is 1.78 bits per heavy atom. The third kappa shape index (κ3) is 3.99. The molecule has 5 heteroatoms. The minimum atomic E-state index is -0.506. The van der Waals surface area contributed by atoms with Gasteiger partial charge in [-0.15, -0.1) is 0 Å². The molecule has 0 bridgehead atoms. The molecule has 1 amide bonds. The van der Waals surface area contributed by atoms with Crippen LogP contribution in [-0.4, -0.2) is 58.9 Å². The second-order valence-electron chi connectivity index (χ2n) is 8.55. The zero-order valence-electron chi connectivity index (χ0n) is 16.2. The van der Waals surface area contributed by atoms with E-state index in [0.717, 1.165) is 39.0 Å². The Morgan fingerprint density at radius 1 is 1.07 bits per heavy atom. The lowest BCUT2D eigenvalue weighted by Crippen LogP contribution is -2.54. The third-order valence-electron chi connectivity index (χ3n) is 6.81. The molecular weight excluding hydrogens is 340 g/mol. The van der Waals surface area contributed by atoms with Crippen molar-refractivity contribution in [2.75, 3.05) is 26.2 Å². The van der Waals surface area contributed by atoms with Gasteiger partial charge in [-0.1, -0.05) is 49.6 Å². The Kier molecular flexibility index (Phi) is 5.69. The number of hydrogen-bond donors (Lipinski definition) is 1. The average molecular weight is 373 g/mol. The molecule has 2 saturated heterocycles. The van der Waals surface area contributed by atoms with Gasteiger partial charge in [0.2, 0.25) is 0 Å². The minimum absolute atomic E-state index is 0.00283. The van der Waals surface area contributed by atoms with E-state index in [2.05, 4.69) is 29.2 Å². The third-order valence-corrected chi connectivity index (χ3v) is 6.81. The second kappa shape index (κ2) is 8.19. The summed E-state index contributed by atoms with van der Waals surface area (Å²) in [6.07, 6.45) is 7.62. The fourth-order valence-corrected chi connectivity index (χ4v) is 5.19. The fourth-order valence-electron chi connectivity index (χ4n) is 5.19. The number of carbonyl (C=O) groups excluding carboxylic acids is 1. The molecule has 3 fully saturated rings. The first-order valence-corrected chi connectivity index (χ1v) is 10.6. The molecule has 1 spiro atoms. The summed E-state index contributed by atoms with van der Waals surface area (Å²) in [5, 5.41) is 10.1. The summed E-state index contributed by atoms with van der Waals surface area (Å²) in [6.45, 7) is 3.48. The monoisotopic (exact) mass is 372 g/mol. The van der Waals surface area contributed by atoms with Crippen LogP contribution >= 0.6 is 0 Å². The Balaban J connectivity index is 1.38. The molecular formula is C22H32N2O3. The molecule has 1 atom stereocenters. The minimum Gasteiger partial charge on any atom is -0.440 e. The van der Waals surface area contributed by atoms with Crippen molar-refractivity contribution >= 4 is 6.09 Å². The normalized spacial score (nSPS) is 26.5. The summed E-state index contributed by atoms with van der Waals surface area (Å²) < 4.78 is 5.95. The van der Waals surface area contributed by atoms with E-state index < -0.39 is 5.60 Å². The first-order chi connectivity index (χ1) is 13.2. The maximum Gasteiger partial charge on any atom is 0.410 e. The van der Waals surface area contributed by atoms with Crippen LogP contribution in [0.2, 0.25) is 0 Å². The number of amides is 1. The van der Waals surface area contributed by atoms with Gasteiger partial charge < -0.3 is 9.84 Å². The molecule has 3 aliphatic rings. The van der Waals surface area contributed by atoms with Gasteiger partial charge in [0.1, 0.15) is 5.60 Å². The van der Waals surface area contributed by atoms with Crippen LogP contribution in [0.25, 0.3) is 0 Å². The quantitative estimate of drug-likeness (QED) is 0.861. The van der Waals surface area contributed by atoms with Crippen molar-refractivity contribution in [1.82, 2.24) is 9.80 Å². The molecule has 1 saturated carbocycles. The van der Waals surface area contributed by atoms with Gasteiger partial charge in [-0.25, -0.2) is 4.79 Å². The Hall–Kier alpha value is -1.59. The van der Waals surface area contributed by atoms with E-state index in [-0.39, 0.29) is 18.7 Å². The first-order valence-electron chi connectivity index (χ1n) is 10.6. The number of ether oxygens (including phenoxy) is 1. The average Bonchev–Trinajstić information content (AvgIpc) is 2.96. The van der Waals surface area contributed by atoms with Crippen LogP contribution in [0.3, 0.4) is 0 Å². The molecule has 1 aliphatic carbocycles. The number of hydrogen-bond acceptors (Lipinski definition) is 4. The molecule has 0 radical (unpaired) electrons. The summed E-state index contributed by atoms with van der Waals surface area (Å²) in [6, 6.07) is 10.3. The van der Waals surface area contributed by atoms with Gasteiger partial charge in [0, 0.05) is 39.0 Å². The van der Waals surface area contributed by atoms with Gasteiger partial charge in [0.15, 0.2) is 0 Å². The van der Waals surface area contributed by atoms with Crippen LogP contribution < -0.4 is 0 Å². The van der Waals surface area contributed by atoms with Crippen molar-refractivity contribution < 1.29 is 14.6 Å². The van der Waals surface area contributed by atoms with Gasteiger partial charge in [0.05, 0.1) is 12.6 Å². The Labute approximate surface area is 162 Å². The predicted octanol–water partition coefficient (Wildman–Crippen LogP) is 3.41. The zero-order chi connectivity index (χ0) is 18.7. The van der Waals surface area contributed by atoms with Crippen LogP contribution in [-0.2, 0) is 11.3 Å². The predicted molar refractivity (Wildman–Crippen MR) is 104 cm³/mol. The molecule has 2 heterocycles. The Morgan fingerprint density at radius 3 is 2.44 bits per heavy atom. The van der Waals surface area contributed by atoms with Crippen molar-refractivity contribution in [2.24, 2.45) is 5.92 Å². The second-order valence-corrected chi connectivity index (χ2v) is 8.55. The summed E-state index contributed by atoms with van der Waals surface area (Å²) >= 11 is 0. The highest BCUT2D eigenvalue weighted by Gasteiger charge is 2.54. The number of carbonyl (C=O) groups is 1. The van der Waals surface area contributed by atoms with Crippen LogP contribution in [0.5, 0.6) is 0 Å². The van der Waals surface area contributed by atoms with Crippen molar-refractivity contribution in [2.45, 2.75) is 63.1 Å². The molecule has 0 aromatic heterocycles. The maximum absolute atomic E-state index is 12.6. The molecule has 5 nitrogen and oxygen atoms in total. The van der Waals surface area contributed by atoms with Crippen LogP contribution in [0.1, 0.15) is 50.5 Å². The van der Waals surface area contributed by atoms with E-state index in [4.69, 9.17) is 4.74 Å². The highest BCUT2D eigenvalue weighted by atomic mass is 16.6. The topological polar surface area (TPSA) is 53.0 Å². The van der Waals surface area contributed by atoms with Crippen LogP contribution in [0, 0.1) is 5.92 Å². The van der Waals surface area contributed by atoms with Gasteiger partial charge in [-0.3, -0.25) is 9.80 Å². The van der Waals surface area contributed by atoms with Gasteiger partial charge in [-0.2, -0.15) is 0 Å². The molecule has 1 N–H and O–H groups in total. The number of aliphatic hydroxyl groups is 1. The number of rotatable bonds is 5. The summed E-state index contributed by atoms with van der Waals surface area (Å²) in [7, 11) is 0. The number of piperidine rings is 1. The SMILES string of the molecule is O=C1OC2(CCN(Cc3ccccc3)CC2)C(CO)N1CC1CCCCC1. The van der Waals surface area contributed by atoms with Crippen molar-refractivity contribution in [1.29, 1.82) is 0 Å². The molecule has 1 unspecified atom stereocenters. The number of likely N-dealkylation sites (tertiary alicyclic amines) is 1. The molecule has 2 aliphatic heterocycles. The highest BCUT2D eigenvalue weighted by Crippen LogP contribution is 2.40. The highest BCUT2D eigenvalue weighted by molar-refractivity contribution is 5.71. The summed E-state index contributed by atoms with van der Waals surface area (Å²) in [5.41, 5.74) is 0.808. The summed E-state index contributed by atoms with van der Waals surface area (Å²) in [5.74, 6) is 0.564. The van der Waals surface area contributed by atoms with E-state index in [1.807, 2.05) is 11.0 Å². The lowest BCUT2D eigenvalue weighted by Gasteiger charge is -2.41. The van der Waals surface area contributed by atoms with E-state index in [9.17, 15) is 9.90 Å². The van der Waals surface area contributed by atoms with E-state index in [1.54, 1.807) is 0 Å². The lowest BCUT2D eigenvalue weighted by atomic mass is 9.83. The number of nitrogens with zero attached hydrogens (tertiary/aromatic N) is 2. The standard InChI is InChI=1S/C22H32N2O3/c25-17-20-22(27-21(26)24(20)16-19-9-5-2-6-10-19)11-13-23(14-12-22)15-18-7-3-1-4-8-18/h1,3-4,7-8,19-20,25H,2,5-6,9-17H2. The van der Waals surface area contributed by atoms with E-state index in [1.165, 1.54) is 37.7 Å². The maximum atomic E-state index is 12.6. The van der Waals surface area contributed by atoms with E-state index >= 15 is 0 Å². The van der Waals surface area contributed by atoms with Crippen molar-refractivity contribution in [3.63, 3.8) is 0 Å². The van der Waals surface area contributed by atoms with Gasteiger partial charge >= 0.3 is 6.09 Å². The first kappa shape index (κ1) is 18.8. The molecule has 148 valence electrons. The van der Waals surface area contributed by atoms with Crippen molar-refractivity contribution in [3.05, 3.63) is 35.9 Å². The van der Waals surface area contributed by atoms with Gasteiger partial charge in [0.25, 0.3) is 0 Å². The largest absolute Gasteiger partial charge is 0.440 e. The molecule has 4 rings (SSSR count). The van der Waals surface area contributed by atoms with E-state index in [0.29, 0.717) is 5.92 Å². The fraction of sp³-hybridized carbons (Fsp3) is 0.682. The molecule has 27 heavy (non-hydrogen) atoms. The lowest BCUT2D eigenvalue weighted by molar-refractivity contribution is -0.0355. The molecule has 1 aromatic carbocycles. The van der Waals surface area contributed by atoms with Crippen LogP contribution in [0.4, 0.5) is 4.79 Å². The Bertz CT molecular complexity index is 622.